The third-order valence-corrected chi connectivity index (χ3v) is 7.82. The van der Waals surface area contributed by atoms with E-state index in [2.05, 4.69) is 15.5 Å². The maximum Gasteiger partial charge on any atom is 0.451 e. The first-order valence-corrected chi connectivity index (χ1v) is 11.9. The second-order valence-corrected chi connectivity index (χ2v) is 10.4. The molecule has 1 aromatic heterocycles. The highest BCUT2D eigenvalue weighted by molar-refractivity contribution is 8.00. The van der Waals surface area contributed by atoms with Crippen LogP contribution < -0.4 is 5.32 Å². The zero-order valence-corrected chi connectivity index (χ0v) is 18.5. The van der Waals surface area contributed by atoms with Crippen molar-refractivity contribution in [2.45, 2.75) is 47.7 Å². The van der Waals surface area contributed by atoms with Gasteiger partial charge in [-0.25, -0.2) is 8.42 Å². The monoisotopic (exact) mass is 477 g/mol. The molecule has 13 heteroatoms. The molecule has 1 unspecified atom stereocenters. The highest BCUT2D eigenvalue weighted by atomic mass is 32.2. The summed E-state index contributed by atoms with van der Waals surface area (Å²) in [6.45, 7) is 2.44. The van der Waals surface area contributed by atoms with Crippen molar-refractivity contribution in [2.24, 2.45) is 7.05 Å². The molecule has 0 spiro atoms. The summed E-state index contributed by atoms with van der Waals surface area (Å²) < 4.78 is 66.4. The minimum atomic E-state index is -4.65. The first kappa shape index (κ1) is 23.5. The Labute approximate surface area is 182 Å². The van der Waals surface area contributed by atoms with Crippen molar-refractivity contribution >= 4 is 33.4 Å². The highest BCUT2D eigenvalue weighted by Crippen LogP contribution is 2.31. The van der Waals surface area contributed by atoms with Crippen molar-refractivity contribution in [2.75, 3.05) is 18.4 Å². The molecule has 8 nitrogen and oxygen atoms in total. The van der Waals surface area contributed by atoms with Crippen molar-refractivity contribution < 1.29 is 26.4 Å². The zero-order valence-electron chi connectivity index (χ0n) is 16.9. The predicted octanol–water partition coefficient (Wildman–Crippen LogP) is 3.13. The van der Waals surface area contributed by atoms with E-state index in [4.69, 9.17) is 0 Å². The van der Waals surface area contributed by atoms with Gasteiger partial charge in [0.25, 0.3) is 0 Å². The first-order valence-electron chi connectivity index (χ1n) is 9.54. The van der Waals surface area contributed by atoms with E-state index in [0.29, 0.717) is 13.1 Å². The van der Waals surface area contributed by atoms with Gasteiger partial charge in [-0.3, -0.25) is 4.79 Å². The van der Waals surface area contributed by atoms with Crippen molar-refractivity contribution in [1.82, 2.24) is 19.1 Å². The number of nitrogens with one attached hydrogen (secondary N) is 1. The Morgan fingerprint density at radius 1 is 1.19 bits per heavy atom. The number of aromatic nitrogens is 3. The van der Waals surface area contributed by atoms with Crippen molar-refractivity contribution in [3.8, 4) is 0 Å². The first-order chi connectivity index (χ1) is 14.5. The normalized spacial score (nSPS) is 16.8. The Morgan fingerprint density at radius 3 is 2.48 bits per heavy atom. The average Bonchev–Trinajstić information content (AvgIpc) is 3.09. The Morgan fingerprint density at radius 2 is 1.87 bits per heavy atom. The van der Waals surface area contributed by atoms with Crippen molar-refractivity contribution in [3.63, 3.8) is 0 Å². The van der Waals surface area contributed by atoms with Crippen LogP contribution in [-0.2, 0) is 28.0 Å². The molecule has 3 rings (SSSR count). The van der Waals surface area contributed by atoms with Crippen LogP contribution in [0.5, 0.6) is 0 Å². The molecule has 0 bridgehead atoms. The number of hydrogen-bond donors (Lipinski definition) is 1. The molecular weight excluding hydrogens is 455 g/mol. The molecule has 1 aliphatic heterocycles. The van der Waals surface area contributed by atoms with Gasteiger partial charge in [-0.05, 0) is 38.0 Å². The quantitative estimate of drug-likeness (QED) is 0.642. The van der Waals surface area contributed by atoms with Gasteiger partial charge in [-0.15, -0.1) is 10.2 Å². The maximum absolute atomic E-state index is 12.8. The SMILES string of the molecule is CC(Sc1nnc(C(F)(F)F)n1C)C(=O)Nc1cccc(S(=O)(=O)N2CCCCC2)c1. The number of rotatable bonds is 6. The molecule has 170 valence electrons. The fourth-order valence-electron chi connectivity index (χ4n) is 3.11. The molecule has 1 fully saturated rings. The molecule has 1 aliphatic rings. The van der Waals surface area contributed by atoms with Gasteiger partial charge in [0.1, 0.15) is 0 Å². The molecule has 1 N–H and O–H groups in total. The summed E-state index contributed by atoms with van der Waals surface area (Å²) in [6.07, 6.45) is -2.04. The summed E-state index contributed by atoms with van der Waals surface area (Å²) in [5, 5.41) is 8.38. The number of alkyl halides is 3. The standard InChI is InChI=1S/C18H22F3N5O3S2/c1-12(30-17-24-23-16(25(17)2)18(19,20)21)15(27)22-13-7-6-8-14(11-13)31(28,29)26-9-4-3-5-10-26/h6-8,11-12H,3-5,9-10H2,1-2H3,(H,22,27). The number of halogens is 3. The van der Waals surface area contributed by atoms with Gasteiger partial charge in [-0.2, -0.15) is 17.5 Å². The smallest absolute Gasteiger partial charge is 0.325 e. The lowest BCUT2D eigenvalue weighted by molar-refractivity contribution is -0.147. The molecule has 2 aromatic rings. The summed E-state index contributed by atoms with van der Waals surface area (Å²) in [5.41, 5.74) is 0.282. The number of piperidine rings is 1. The van der Waals surface area contributed by atoms with Crippen molar-refractivity contribution in [1.29, 1.82) is 0 Å². The molecule has 0 aliphatic carbocycles. The number of sulfonamides is 1. The largest absolute Gasteiger partial charge is 0.451 e. The van der Waals surface area contributed by atoms with Crippen LogP contribution >= 0.6 is 11.8 Å². The molecule has 1 saturated heterocycles. The number of anilines is 1. The number of carbonyl (C=O) groups excluding carboxylic acids is 1. The summed E-state index contributed by atoms with van der Waals surface area (Å²) in [4.78, 5) is 12.6. The van der Waals surface area contributed by atoms with Gasteiger partial charge in [0, 0.05) is 25.8 Å². The Balaban J connectivity index is 1.69. The molecule has 31 heavy (non-hydrogen) atoms. The second-order valence-electron chi connectivity index (χ2n) is 7.10. The topological polar surface area (TPSA) is 97.2 Å². The number of amides is 1. The highest BCUT2D eigenvalue weighted by Gasteiger charge is 2.38. The molecule has 1 aromatic carbocycles. The average molecular weight is 478 g/mol. The summed E-state index contributed by atoms with van der Waals surface area (Å²) in [7, 11) is -2.49. The molecule has 2 heterocycles. The molecule has 0 saturated carbocycles. The fourth-order valence-corrected chi connectivity index (χ4v) is 5.49. The van der Waals surface area contributed by atoms with Gasteiger partial charge in [0.05, 0.1) is 10.1 Å². The lowest BCUT2D eigenvalue weighted by atomic mass is 10.2. The molecule has 1 amide bonds. The Hall–Kier alpha value is -2.12. The summed E-state index contributed by atoms with van der Waals surface area (Å²) in [5.74, 6) is -1.66. The van der Waals surface area contributed by atoms with E-state index in [0.717, 1.165) is 35.6 Å². The second kappa shape index (κ2) is 9.17. The van der Waals surface area contributed by atoms with E-state index >= 15 is 0 Å². The van der Waals surface area contributed by atoms with Crippen LogP contribution in [0.4, 0.5) is 18.9 Å². The van der Waals surface area contributed by atoms with Gasteiger partial charge in [0.2, 0.25) is 21.8 Å². The van der Waals surface area contributed by atoms with Gasteiger partial charge >= 0.3 is 6.18 Å². The third-order valence-electron chi connectivity index (χ3n) is 4.79. The number of benzene rings is 1. The van der Waals surface area contributed by atoms with E-state index in [9.17, 15) is 26.4 Å². The van der Waals surface area contributed by atoms with E-state index in [1.54, 1.807) is 6.07 Å². The van der Waals surface area contributed by atoms with E-state index in [-0.39, 0.29) is 15.7 Å². The van der Waals surface area contributed by atoms with E-state index < -0.39 is 33.2 Å². The Bertz CT molecular complexity index is 1050. The lowest BCUT2D eigenvalue weighted by Crippen LogP contribution is -2.35. The number of hydrogen-bond acceptors (Lipinski definition) is 6. The van der Waals surface area contributed by atoms with E-state index in [1.165, 1.54) is 36.5 Å². The van der Waals surface area contributed by atoms with Gasteiger partial charge in [-0.1, -0.05) is 24.2 Å². The van der Waals surface area contributed by atoms with Crippen LogP contribution in [0.2, 0.25) is 0 Å². The van der Waals surface area contributed by atoms with Crippen LogP contribution in [0, 0.1) is 0 Å². The zero-order chi connectivity index (χ0) is 22.8. The summed E-state index contributed by atoms with van der Waals surface area (Å²) in [6, 6.07) is 5.93. The van der Waals surface area contributed by atoms with Crippen LogP contribution in [0.1, 0.15) is 32.0 Å². The van der Waals surface area contributed by atoms with Crippen molar-refractivity contribution in [3.05, 3.63) is 30.1 Å². The minimum absolute atomic E-state index is 0.0589. The lowest BCUT2D eigenvalue weighted by Gasteiger charge is -2.26. The molecular formula is C18H22F3N5O3S2. The number of thioether (sulfide) groups is 1. The van der Waals surface area contributed by atoms with Gasteiger partial charge < -0.3 is 9.88 Å². The minimum Gasteiger partial charge on any atom is -0.325 e. The third kappa shape index (κ3) is 5.39. The van der Waals surface area contributed by atoms with E-state index in [1.807, 2.05) is 0 Å². The van der Waals surface area contributed by atoms with Crippen LogP contribution in [0.3, 0.4) is 0 Å². The fraction of sp³-hybridized carbons (Fsp3) is 0.500. The predicted molar refractivity (Wildman–Crippen MR) is 109 cm³/mol. The maximum atomic E-state index is 12.8. The summed E-state index contributed by atoms with van der Waals surface area (Å²) >= 11 is 0.818. The van der Waals surface area contributed by atoms with Crippen LogP contribution in [0.15, 0.2) is 34.3 Å². The van der Waals surface area contributed by atoms with Gasteiger partial charge in [0.15, 0.2) is 5.16 Å². The molecule has 0 radical (unpaired) electrons. The Kier molecular flexibility index (Phi) is 6.96. The number of carbonyl (C=O) groups is 1. The number of nitrogens with zero attached hydrogens (tertiary/aromatic N) is 4. The van der Waals surface area contributed by atoms with Crippen LogP contribution in [0.25, 0.3) is 0 Å². The van der Waals surface area contributed by atoms with Crippen LogP contribution in [-0.4, -0.2) is 51.7 Å². The molecule has 1 atom stereocenters.